The van der Waals surface area contributed by atoms with Crippen LogP contribution in [0.5, 0.6) is 0 Å². The van der Waals surface area contributed by atoms with E-state index in [1.54, 1.807) is 48.8 Å². The molecular weight excluding hydrogens is 507 g/mol. The van der Waals surface area contributed by atoms with E-state index in [4.69, 9.17) is 0 Å². The first-order chi connectivity index (χ1) is 17.6. The minimum absolute atomic E-state index is 0.0297. The van der Waals surface area contributed by atoms with E-state index in [1.807, 2.05) is 0 Å². The molecule has 2 aromatic carbocycles. The summed E-state index contributed by atoms with van der Waals surface area (Å²) in [6, 6.07) is 13.6. The molecule has 0 saturated heterocycles. The zero-order valence-corrected chi connectivity index (χ0v) is 20.0. The highest BCUT2D eigenvalue weighted by molar-refractivity contribution is 7.91. The summed E-state index contributed by atoms with van der Waals surface area (Å²) in [6.45, 7) is 0.458. The van der Waals surface area contributed by atoms with E-state index in [0.717, 1.165) is 24.3 Å². The SMILES string of the molecule is O=C(Nc1ccc(C(F)(F)F)cc1)Nc1cccc(-c2nn3c(c2-c2ccncc2)S(=O)(=O)CCC3)c1. The van der Waals surface area contributed by atoms with Crippen LogP contribution in [-0.2, 0) is 22.6 Å². The normalized spacial score (nSPS) is 14.6. The molecule has 5 rings (SSSR count). The molecule has 1 aliphatic heterocycles. The first-order valence-corrected chi connectivity index (χ1v) is 12.9. The average Bonchev–Trinajstić information content (AvgIpc) is 3.26. The van der Waals surface area contributed by atoms with E-state index >= 15 is 0 Å². The van der Waals surface area contributed by atoms with Crippen molar-refractivity contribution in [1.82, 2.24) is 14.8 Å². The number of urea groups is 1. The summed E-state index contributed by atoms with van der Waals surface area (Å²) in [7, 11) is -3.55. The molecule has 0 radical (unpaired) electrons. The summed E-state index contributed by atoms with van der Waals surface area (Å²) >= 11 is 0. The lowest BCUT2D eigenvalue weighted by Crippen LogP contribution is -2.21. The van der Waals surface area contributed by atoms with Crippen molar-refractivity contribution >= 4 is 27.2 Å². The number of nitrogens with one attached hydrogen (secondary N) is 2. The van der Waals surface area contributed by atoms with Gasteiger partial charge in [-0.15, -0.1) is 0 Å². The third-order valence-electron chi connectivity index (χ3n) is 5.82. The molecule has 0 spiro atoms. The van der Waals surface area contributed by atoms with Gasteiger partial charge < -0.3 is 10.6 Å². The highest BCUT2D eigenvalue weighted by Crippen LogP contribution is 2.39. The molecule has 12 heteroatoms. The van der Waals surface area contributed by atoms with Crippen LogP contribution in [0.3, 0.4) is 0 Å². The van der Waals surface area contributed by atoms with E-state index < -0.39 is 27.6 Å². The Balaban J connectivity index is 1.45. The van der Waals surface area contributed by atoms with Crippen LogP contribution in [0.2, 0.25) is 0 Å². The highest BCUT2D eigenvalue weighted by Gasteiger charge is 2.33. The second kappa shape index (κ2) is 9.36. The molecular formula is C25H20F3N5O3S. The first kappa shape index (κ1) is 24.5. The van der Waals surface area contributed by atoms with Crippen LogP contribution in [0.4, 0.5) is 29.3 Å². The number of anilines is 2. The smallest absolute Gasteiger partial charge is 0.308 e. The van der Waals surface area contributed by atoms with E-state index in [2.05, 4.69) is 20.7 Å². The zero-order valence-electron chi connectivity index (χ0n) is 19.2. The summed E-state index contributed by atoms with van der Waals surface area (Å²) in [5, 5.41) is 9.90. The number of amides is 2. The van der Waals surface area contributed by atoms with Crippen LogP contribution < -0.4 is 10.6 Å². The number of aryl methyl sites for hydroxylation is 1. The van der Waals surface area contributed by atoms with Gasteiger partial charge >= 0.3 is 12.2 Å². The Kier molecular flexibility index (Phi) is 6.20. The lowest BCUT2D eigenvalue weighted by Gasteiger charge is -2.15. The van der Waals surface area contributed by atoms with Crippen LogP contribution in [0.15, 0.2) is 78.1 Å². The van der Waals surface area contributed by atoms with Crippen molar-refractivity contribution in [3.05, 3.63) is 78.6 Å². The fraction of sp³-hybridized carbons (Fsp3) is 0.160. The Morgan fingerprint density at radius 2 is 1.62 bits per heavy atom. The molecule has 1 aliphatic rings. The number of hydrogen-bond acceptors (Lipinski definition) is 5. The summed E-state index contributed by atoms with van der Waals surface area (Å²) in [5.74, 6) is 0.0297. The summed E-state index contributed by atoms with van der Waals surface area (Å²) in [6.07, 6.45) is -0.871. The van der Waals surface area contributed by atoms with Gasteiger partial charge in [-0.25, -0.2) is 13.2 Å². The number of sulfone groups is 1. The molecule has 4 aromatic rings. The minimum Gasteiger partial charge on any atom is -0.308 e. The van der Waals surface area contributed by atoms with E-state index in [-0.39, 0.29) is 16.5 Å². The first-order valence-electron chi connectivity index (χ1n) is 11.2. The molecule has 2 N–H and O–H groups in total. The van der Waals surface area contributed by atoms with E-state index in [0.29, 0.717) is 41.0 Å². The van der Waals surface area contributed by atoms with Gasteiger partial charge in [0.15, 0.2) is 14.9 Å². The number of pyridine rings is 1. The fourth-order valence-electron chi connectivity index (χ4n) is 4.18. The number of hydrogen-bond donors (Lipinski definition) is 2. The summed E-state index contributed by atoms with van der Waals surface area (Å²) in [4.78, 5) is 16.5. The third kappa shape index (κ3) is 5.05. The van der Waals surface area contributed by atoms with Gasteiger partial charge in [0.25, 0.3) is 0 Å². The monoisotopic (exact) mass is 527 g/mol. The van der Waals surface area contributed by atoms with Crippen molar-refractivity contribution in [3.8, 4) is 22.4 Å². The van der Waals surface area contributed by atoms with Crippen molar-refractivity contribution in [3.63, 3.8) is 0 Å². The van der Waals surface area contributed by atoms with Gasteiger partial charge in [-0.2, -0.15) is 18.3 Å². The number of carbonyl (C=O) groups excluding carboxylic acids is 1. The number of aromatic nitrogens is 3. The number of nitrogens with zero attached hydrogens (tertiary/aromatic N) is 3. The Hall–Kier alpha value is -4.19. The summed E-state index contributed by atoms with van der Waals surface area (Å²) < 4.78 is 65.7. The maximum atomic E-state index is 13.0. The number of halogens is 3. The van der Waals surface area contributed by atoms with Crippen LogP contribution in [0, 0.1) is 0 Å². The molecule has 190 valence electrons. The molecule has 8 nitrogen and oxygen atoms in total. The molecule has 37 heavy (non-hydrogen) atoms. The van der Waals surface area contributed by atoms with Gasteiger partial charge in [-0.05, 0) is 60.5 Å². The topological polar surface area (TPSA) is 106 Å². The fourth-order valence-corrected chi connectivity index (χ4v) is 5.86. The molecule has 0 saturated carbocycles. The van der Waals surface area contributed by atoms with E-state index in [1.165, 1.54) is 4.68 Å². The number of fused-ring (bicyclic) bond motifs is 1. The lowest BCUT2D eigenvalue weighted by molar-refractivity contribution is -0.137. The molecule has 3 heterocycles. The number of benzene rings is 2. The third-order valence-corrected chi connectivity index (χ3v) is 7.65. The van der Waals surface area contributed by atoms with Crippen LogP contribution >= 0.6 is 0 Å². The number of carbonyl (C=O) groups is 1. The van der Waals surface area contributed by atoms with Gasteiger partial charge in [0.1, 0.15) is 5.69 Å². The van der Waals surface area contributed by atoms with Crippen molar-refractivity contribution < 1.29 is 26.4 Å². The molecule has 0 unspecified atom stereocenters. The van der Waals surface area contributed by atoms with Crippen molar-refractivity contribution in [2.24, 2.45) is 0 Å². The second-order valence-electron chi connectivity index (χ2n) is 8.40. The number of rotatable bonds is 4. The van der Waals surface area contributed by atoms with Gasteiger partial charge in [-0.1, -0.05) is 12.1 Å². The molecule has 0 atom stereocenters. The minimum atomic E-state index is -4.47. The Bertz CT molecular complexity index is 1570. The van der Waals surface area contributed by atoms with Gasteiger partial charge in [0.2, 0.25) is 0 Å². The molecule has 2 amide bonds. The molecule has 0 fully saturated rings. The van der Waals surface area contributed by atoms with Gasteiger partial charge in [-0.3, -0.25) is 9.67 Å². The summed E-state index contributed by atoms with van der Waals surface area (Å²) in [5.41, 5.74) is 1.89. The van der Waals surface area contributed by atoms with Crippen LogP contribution in [0.1, 0.15) is 12.0 Å². The van der Waals surface area contributed by atoms with Crippen molar-refractivity contribution in [1.29, 1.82) is 0 Å². The maximum absolute atomic E-state index is 13.0. The van der Waals surface area contributed by atoms with Crippen molar-refractivity contribution in [2.75, 3.05) is 16.4 Å². The average molecular weight is 528 g/mol. The van der Waals surface area contributed by atoms with Gasteiger partial charge in [0, 0.05) is 41.4 Å². The highest BCUT2D eigenvalue weighted by atomic mass is 32.2. The standard InChI is InChI=1S/C25H20F3N5O3S/c26-25(27,28)18-5-7-19(8-6-18)30-24(34)31-20-4-1-3-17(15-20)22-21(16-9-11-29-12-10-16)23-33(32-22)13-2-14-37(23,35)36/h1,3-12,15H,2,13-14H2,(H2,30,31,34). The van der Waals surface area contributed by atoms with Crippen LogP contribution in [0.25, 0.3) is 22.4 Å². The second-order valence-corrected chi connectivity index (χ2v) is 10.4. The van der Waals surface area contributed by atoms with E-state index in [9.17, 15) is 26.4 Å². The lowest BCUT2D eigenvalue weighted by atomic mass is 10.0. The maximum Gasteiger partial charge on any atom is 0.416 e. The quantitative estimate of drug-likeness (QED) is 0.367. The Labute approximate surface area is 210 Å². The zero-order chi connectivity index (χ0) is 26.2. The molecule has 0 aliphatic carbocycles. The molecule has 2 aromatic heterocycles. The largest absolute Gasteiger partial charge is 0.416 e. The van der Waals surface area contributed by atoms with Crippen molar-refractivity contribution in [2.45, 2.75) is 24.2 Å². The Morgan fingerprint density at radius 1 is 0.919 bits per heavy atom. The predicted molar refractivity (Wildman–Crippen MR) is 132 cm³/mol. The number of alkyl halides is 3. The molecule has 0 bridgehead atoms. The van der Waals surface area contributed by atoms with Gasteiger partial charge in [0.05, 0.1) is 11.3 Å². The Morgan fingerprint density at radius 3 is 2.32 bits per heavy atom. The van der Waals surface area contributed by atoms with Crippen LogP contribution in [-0.4, -0.2) is 35.0 Å². The predicted octanol–water partition coefficient (Wildman–Crippen LogP) is 5.45.